The Hall–Kier alpha value is -3.89. The molecule has 0 bridgehead atoms. The van der Waals surface area contributed by atoms with Gasteiger partial charge in [-0.1, -0.05) is 66.2 Å². The zero-order valence-corrected chi connectivity index (χ0v) is 16.0. The highest BCUT2D eigenvalue weighted by Gasteiger charge is 2.40. The Balaban J connectivity index is 2.15. The quantitative estimate of drug-likeness (QED) is 0.424. The van der Waals surface area contributed by atoms with Crippen molar-refractivity contribution in [2.45, 2.75) is 19.8 Å². The van der Waals surface area contributed by atoms with Gasteiger partial charge in [0.05, 0.1) is 5.57 Å². The standard InChI is InChI=1S/C25H18N2O2/c1-16(17-12-13-17)21-23(24(29-25(21)28)20(14-26)15-27)22(18-8-4-2-5-9-18)19-10-6-3-7-11-19/h2-11,17H,12-13H2,1H3. The van der Waals surface area contributed by atoms with Crippen molar-refractivity contribution in [2.24, 2.45) is 5.92 Å². The van der Waals surface area contributed by atoms with Crippen LogP contribution >= 0.6 is 0 Å². The summed E-state index contributed by atoms with van der Waals surface area (Å²) in [4.78, 5) is 12.9. The Morgan fingerprint density at radius 3 is 1.86 bits per heavy atom. The molecule has 4 heteroatoms. The van der Waals surface area contributed by atoms with Crippen LogP contribution in [0.2, 0.25) is 0 Å². The smallest absolute Gasteiger partial charge is 0.344 e. The minimum absolute atomic E-state index is 0.0534. The lowest BCUT2D eigenvalue weighted by Crippen LogP contribution is -2.02. The fourth-order valence-electron chi connectivity index (χ4n) is 3.70. The Morgan fingerprint density at radius 1 is 0.897 bits per heavy atom. The van der Waals surface area contributed by atoms with Crippen molar-refractivity contribution in [3.05, 3.63) is 99.8 Å². The van der Waals surface area contributed by atoms with Gasteiger partial charge in [-0.15, -0.1) is 0 Å². The van der Waals surface area contributed by atoms with Crippen LogP contribution in [-0.4, -0.2) is 5.97 Å². The molecule has 29 heavy (non-hydrogen) atoms. The van der Waals surface area contributed by atoms with Crippen LogP contribution in [0.4, 0.5) is 0 Å². The van der Waals surface area contributed by atoms with Crippen LogP contribution in [0.3, 0.4) is 0 Å². The number of hydrogen-bond donors (Lipinski definition) is 0. The summed E-state index contributed by atoms with van der Waals surface area (Å²) in [6.07, 6.45) is 2.06. The van der Waals surface area contributed by atoms with E-state index in [0.717, 1.165) is 35.1 Å². The van der Waals surface area contributed by atoms with E-state index in [1.54, 1.807) is 0 Å². The first-order valence-corrected chi connectivity index (χ1v) is 9.49. The lowest BCUT2D eigenvalue weighted by atomic mass is 9.86. The van der Waals surface area contributed by atoms with Crippen LogP contribution < -0.4 is 0 Å². The second kappa shape index (κ2) is 7.62. The molecule has 0 atom stereocenters. The number of esters is 1. The van der Waals surface area contributed by atoms with Gasteiger partial charge in [0.15, 0.2) is 11.3 Å². The maximum atomic E-state index is 12.9. The van der Waals surface area contributed by atoms with Crippen molar-refractivity contribution >= 4 is 11.5 Å². The number of benzene rings is 2. The monoisotopic (exact) mass is 378 g/mol. The molecule has 1 aliphatic heterocycles. The van der Waals surface area contributed by atoms with E-state index in [-0.39, 0.29) is 11.3 Å². The van der Waals surface area contributed by atoms with Gasteiger partial charge in [0.25, 0.3) is 0 Å². The molecule has 4 rings (SSSR count). The van der Waals surface area contributed by atoms with Gasteiger partial charge in [0, 0.05) is 11.1 Å². The molecule has 2 aromatic rings. The predicted octanol–water partition coefficient (Wildman–Crippen LogP) is 5.07. The maximum absolute atomic E-state index is 12.9. The van der Waals surface area contributed by atoms with E-state index in [2.05, 4.69) is 0 Å². The predicted molar refractivity (Wildman–Crippen MR) is 109 cm³/mol. The molecule has 0 spiro atoms. The Bertz CT molecular complexity index is 1100. The normalized spacial score (nSPS) is 17.3. The summed E-state index contributed by atoms with van der Waals surface area (Å²) in [5.74, 6) is -0.100. The molecule has 1 saturated heterocycles. The number of cyclic esters (lactones) is 1. The summed E-state index contributed by atoms with van der Waals surface area (Å²) in [6, 6.07) is 23.1. The van der Waals surface area contributed by atoms with Crippen LogP contribution in [0.1, 0.15) is 30.9 Å². The molecule has 1 aliphatic carbocycles. The number of ether oxygens (including phenoxy) is 1. The summed E-state index contributed by atoms with van der Waals surface area (Å²) in [5.41, 5.74) is 4.34. The molecule has 0 radical (unpaired) electrons. The summed E-state index contributed by atoms with van der Waals surface area (Å²) in [7, 11) is 0. The molecule has 2 aromatic carbocycles. The number of rotatable bonds is 3. The Kier molecular flexibility index (Phi) is 4.85. The van der Waals surface area contributed by atoms with E-state index < -0.39 is 5.97 Å². The molecule has 1 heterocycles. The number of nitriles is 2. The third kappa shape index (κ3) is 3.37. The second-order valence-corrected chi connectivity index (χ2v) is 7.13. The average molecular weight is 378 g/mol. The van der Waals surface area contributed by atoms with Gasteiger partial charge in [0.2, 0.25) is 0 Å². The number of allylic oxidation sites excluding steroid dienone is 3. The van der Waals surface area contributed by atoms with Gasteiger partial charge < -0.3 is 4.74 Å². The lowest BCUT2D eigenvalue weighted by molar-refractivity contribution is -0.132. The molecule has 0 aromatic heterocycles. The second-order valence-electron chi connectivity index (χ2n) is 7.13. The van der Waals surface area contributed by atoms with Crippen LogP contribution in [0.15, 0.2) is 88.7 Å². The highest BCUT2D eigenvalue weighted by atomic mass is 16.5. The highest BCUT2D eigenvalue weighted by Crippen LogP contribution is 2.47. The average Bonchev–Trinajstić information content (AvgIpc) is 3.55. The van der Waals surface area contributed by atoms with E-state index in [1.165, 1.54) is 0 Å². The number of carbonyl (C=O) groups excluding carboxylic acids is 1. The van der Waals surface area contributed by atoms with Crippen LogP contribution in [-0.2, 0) is 9.53 Å². The summed E-state index contributed by atoms with van der Waals surface area (Å²) in [6.45, 7) is 1.95. The molecular weight excluding hydrogens is 360 g/mol. The maximum Gasteiger partial charge on any atom is 0.344 e. The minimum atomic E-state index is -0.494. The number of hydrogen-bond acceptors (Lipinski definition) is 4. The lowest BCUT2D eigenvalue weighted by Gasteiger charge is -2.14. The van der Waals surface area contributed by atoms with E-state index in [9.17, 15) is 15.3 Å². The molecule has 0 unspecified atom stereocenters. The van der Waals surface area contributed by atoms with Gasteiger partial charge in [-0.05, 0) is 36.8 Å². The summed E-state index contributed by atoms with van der Waals surface area (Å²) < 4.78 is 5.53. The minimum Gasteiger partial charge on any atom is -0.420 e. The van der Waals surface area contributed by atoms with Crippen molar-refractivity contribution in [1.82, 2.24) is 0 Å². The Labute approximate surface area is 169 Å². The zero-order chi connectivity index (χ0) is 20.4. The number of nitrogens with zero attached hydrogens (tertiary/aromatic N) is 2. The van der Waals surface area contributed by atoms with E-state index in [0.29, 0.717) is 17.1 Å². The van der Waals surface area contributed by atoms with E-state index >= 15 is 0 Å². The largest absolute Gasteiger partial charge is 0.420 e. The molecule has 0 N–H and O–H groups in total. The first-order valence-electron chi connectivity index (χ1n) is 9.49. The van der Waals surface area contributed by atoms with Crippen molar-refractivity contribution < 1.29 is 9.53 Å². The first kappa shape index (κ1) is 18.5. The van der Waals surface area contributed by atoms with Crippen molar-refractivity contribution in [3.8, 4) is 12.1 Å². The van der Waals surface area contributed by atoms with Gasteiger partial charge in [-0.2, -0.15) is 10.5 Å². The molecule has 2 aliphatic rings. The van der Waals surface area contributed by atoms with Crippen molar-refractivity contribution in [3.63, 3.8) is 0 Å². The molecule has 140 valence electrons. The van der Waals surface area contributed by atoms with Crippen LogP contribution in [0, 0.1) is 28.6 Å². The Morgan fingerprint density at radius 2 is 1.41 bits per heavy atom. The summed E-state index contributed by atoms with van der Waals surface area (Å²) in [5, 5.41) is 19.0. The molecule has 2 fully saturated rings. The molecule has 4 nitrogen and oxygen atoms in total. The van der Waals surface area contributed by atoms with Gasteiger partial charge in [-0.3, -0.25) is 0 Å². The van der Waals surface area contributed by atoms with Crippen LogP contribution in [0.25, 0.3) is 5.57 Å². The topological polar surface area (TPSA) is 73.9 Å². The van der Waals surface area contributed by atoms with E-state index in [1.807, 2.05) is 79.7 Å². The van der Waals surface area contributed by atoms with Crippen molar-refractivity contribution in [2.75, 3.05) is 0 Å². The number of carbonyl (C=O) groups is 1. The van der Waals surface area contributed by atoms with Gasteiger partial charge in [0.1, 0.15) is 12.1 Å². The third-order valence-corrected chi connectivity index (χ3v) is 5.29. The molecule has 0 amide bonds. The fraction of sp³-hybridized carbons (Fsp3) is 0.160. The van der Waals surface area contributed by atoms with E-state index in [4.69, 9.17) is 4.74 Å². The summed E-state index contributed by atoms with van der Waals surface area (Å²) >= 11 is 0. The first-order chi connectivity index (χ1) is 14.2. The fourth-order valence-corrected chi connectivity index (χ4v) is 3.70. The highest BCUT2D eigenvalue weighted by molar-refractivity contribution is 6.06. The van der Waals surface area contributed by atoms with Gasteiger partial charge >= 0.3 is 5.97 Å². The zero-order valence-electron chi connectivity index (χ0n) is 16.0. The third-order valence-electron chi connectivity index (χ3n) is 5.29. The molecular formula is C25H18N2O2. The van der Waals surface area contributed by atoms with Gasteiger partial charge in [-0.25, -0.2) is 4.79 Å². The SMILES string of the molecule is CC(=C1C(=O)OC(=C(C#N)C#N)C1=C(c1ccccc1)c1ccccc1)C1CC1. The van der Waals surface area contributed by atoms with Crippen LogP contribution in [0.5, 0.6) is 0 Å². The van der Waals surface area contributed by atoms with Crippen molar-refractivity contribution in [1.29, 1.82) is 10.5 Å². The molecule has 1 saturated carbocycles.